The minimum absolute atomic E-state index is 0.105. The summed E-state index contributed by atoms with van der Waals surface area (Å²) in [5, 5.41) is -0.105. The molecule has 0 spiro atoms. The summed E-state index contributed by atoms with van der Waals surface area (Å²) in [6.07, 6.45) is 1.12. The molecule has 0 aliphatic carbocycles. The van der Waals surface area contributed by atoms with Crippen LogP contribution in [0.1, 0.15) is 43.2 Å². The van der Waals surface area contributed by atoms with Crippen molar-refractivity contribution in [2.24, 2.45) is 5.92 Å². The standard InChI is InChI=1S/C16H23ClN4/c1-10-9-20(4)8-7-14(10)21-15(12(3)17)19-13-6-5-11(2)18-16(13)21/h5-6,10,12,14H,7-9H2,1-4H3. The number of nitrogens with zero attached hydrogens (tertiary/aromatic N) is 4. The number of aryl methyl sites for hydroxylation is 1. The number of fused-ring (bicyclic) bond motifs is 1. The van der Waals surface area contributed by atoms with E-state index < -0.39 is 0 Å². The second-order valence-electron chi connectivity index (χ2n) is 6.35. The zero-order valence-corrected chi connectivity index (χ0v) is 13.9. The van der Waals surface area contributed by atoms with Crippen LogP contribution in [0, 0.1) is 12.8 Å². The van der Waals surface area contributed by atoms with Gasteiger partial charge in [-0.25, -0.2) is 9.97 Å². The van der Waals surface area contributed by atoms with Gasteiger partial charge in [0.05, 0.1) is 5.38 Å². The van der Waals surface area contributed by atoms with Crippen LogP contribution >= 0.6 is 11.6 Å². The monoisotopic (exact) mass is 306 g/mol. The normalized spacial score (nSPS) is 25.4. The molecule has 3 heterocycles. The van der Waals surface area contributed by atoms with Gasteiger partial charge < -0.3 is 9.47 Å². The first-order valence-corrected chi connectivity index (χ1v) is 8.09. The molecule has 2 aromatic rings. The molecule has 1 fully saturated rings. The van der Waals surface area contributed by atoms with E-state index in [1.54, 1.807) is 0 Å². The van der Waals surface area contributed by atoms with Crippen molar-refractivity contribution in [1.82, 2.24) is 19.4 Å². The number of imidazole rings is 1. The number of hydrogen-bond donors (Lipinski definition) is 0. The van der Waals surface area contributed by atoms with Crippen LogP contribution in [0.5, 0.6) is 0 Å². The van der Waals surface area contributed by atoms with Crippen LogP contribution in [0.15, 0.2) is 12.1 Å². The second-order valence-corrected chi connectivity index (χ2v) is 7.00. The first-order valence-electron chi connectivity index (χ1n) is 7.65. The molecule has 4 nitrogen and oxygen atoms in total. The van der Waals surface area contributed by atoms with Gasteiger partial charge in [-0.05, 0) is 51.9 Å². The fourth-order valence-corrected chi connectivity index (χ4v) is 3.57. The van der Waals surface area contributed by atoms with Crippen LogP contribution in [0.3, 0.4) is 0 Å². The lowest BCUT2D eigenvalue weighted by Gasteiger charge is -2.36. The fraction of sp³-hybridized carbons (Fsp3) is 0.625. The summed E-state index contributed by atoms with van der Waals surface area (Å²) < 4.78 is 2.30. The fourth-order valence-electron chi connectivity index (χ4n) is 3.42. The van der Waals surface area contributed by atoms with Gasteiger partial charge >= 0.3 is 0 Å². The average Bonchev–Trinajstić information content (AvgIpc) is 2.77. The van der Waals surface area contributed by atoms with Gasteiger partial charge in [0.15, 0.2) is 5.65 Å². The van der Waals surface area contributed by atoms with Crippen molar-refractivity contribution in [3.63, 3.8) is 0 Å². The highest BCUT2D eigenvalue weighted by atomic mass is 35.5. The molecule has 3 rings (SSSR count). The number of rotatable bonds is 2. The molecule has 2 aromatic heterocycles. The van der Waals surface area contributed by atoms with E-state index in [2.05, 4.69) is 29.5 Å². The number of piperidine rings is 1. The Bertz CT molecular complexity index is 649. The lowest BCUT2D eigenvalue weighted by molar-refractivity contribution is 0.159. The zero-order valence-electron chi connectivity index (χ0n) is 13.2. The van der Waals surface area contributed by atoms with Gasteiger partial charge in [0, 0.05) is 18.3 Å². The predicted octanol–water partition coefficient (Wildman–Crippen LogP) is 3.55. The van der Waals surface area contributed by atoms with Crippen molar-refractivity contribution in [2.75, 3.05) is 20.1 Å². The lowest BCUT2D eigenvalue weighted by atomic mass is 9.93. The first-order chi connectivity index (χ1) is 9.97. The zero-order chi connectivity index (χ0) is 15.1. The summed E-state index contributed by atoms with van der Waals surface area (Å²) in [6, 6.07) is 4.49. The molecular formula is C16H23ClN4. The highest BCUT2D eigenvalue weighted by molar-refractivity contribution is 6.20. The van der Waals surface area contributed by atoms with Gasteiger partial charge in [-0.1, -0.05) is 6.92 Å². The Balaban J connectivity index is 2.14. The van der Waals surface area contributed by atoms with E-state index >= 15 is 0 Å². The Morgan fingerprint density at radius 2 is 2.10 bits per heavy atom. The Hall–Kier alpha value is -1.13. The van der Waals surface area contributed by atoms with Gasteiger partial charge in [0.1, 0.15) is 11.3 Å². The maximum atomic E-state index is 6.39. The van der Waals surface area contributed by atoms with E-state index in [0.717, 1.165) is 42.2 Å². The summed E-state index contributed by atoms with van der Waals surface area (Å²) in [5.41, 5.74) is 2.96. The molecule has 3 atom stereocenters. The van der Waals surface area contributed by atoms with E-state index in [1.165, 1.54) is 0 Å². The molecule has 1 saturated heterocycles. The van der Waals surface area contributed by atoms with Crippen LogP contribution in [-0.2, 0) is 0 Å². The van der Waals surface area contributed by atoms with Crippen LogP contribution in [0.4, 0.5) is 0 Å². The smallest absolute Gasteiger partial charge is 0.160 e. The molecule has 21 heavy (non-hydrogen) atoms. The van der Waals surface area contributed by atoms with E-state index in [1.807, 2.05) is 19.9 Å². The van der Waals surface area contributed by atoms with E-state index in [0.29, 0.717) is 12.0 Å². The number of halogens is 1. The minimum Gasteiger partial charge on any atom is -0.308 e. The lowest BCUT2D eigenvalue weighted by Crippen LogP contribution is -2.38. The third-order valence-corrected chi connectivity index (χ3v) is 4.65. The summed E-state index contributed by atoms with van der Waals surface area (Å²) >= 11 is 6.39. The number of alkyl halides is 1. The SMILES string of the molecule is Cc1ccc2nc(C(C)Cl)n(C3CCN(C)CC3C)c2n1. The van der Waals surface area contributed by atoms with Gasteiger partial charge in [0.25, 0.3) is 0 Å². The van der Waals surface area contributed by atoms with Gasteiger partial charge in [0.2, 0.25) is 0 Å². The van der Waals surface area contributed by atoms with Crippen molar-refractivity contribution < 1.29 is 0 Å². The Morgan fingerprint density at radius 1 is 1.33 bits per heavy atom. The summed E-state index contributed by atoms with van der Waals surface area (Å²) in [7, 11) is 2.19. The number of pyridine rings is 1. The summed E-state index contributed by atoms with van der Waals surface area (Å²) in [6.45, 7) is 8.54. The molecule has 1 aliphatic rings. The van der Waals surface area contributed by atoms with Crippen molar-refractivity contribution in [1.29, 1.82) is 0 Å². The van der Waals surface area contributed by atoms with Crippen molar-refractivity contribution in [3.8, 4) is 0 Å². The maximum Gasteiger partial charge on any atom is 0.160 e. The molecule has 0 bridgehead atoms. The van der Waals surface area contributed by atoms with Crippen LogP contribution < -0.4 is 0 Å². The Morgan fingerprint density at radius 3 is 2.76 bits per heavy atom. The average molecular weight is 307 g/mol. The Labute approximate surface area is 131 Å². The summed E-state index contributed by atoms with van der Waals surface area (Å²) in [4.78, 5) is 11.9. The van der Waals surface area contributed by atoms with E-state index in [4.69, 9.17) is 21.6 Å². The third kappa shape index (κ3) is 2.67. The molecule has 0 aromatic carbocycles. The van der Waals surface area contributed by atoms with Crippen LogP contribution in [0.25, 0.3) is 11.2 Å². The molecule has 1 aliphatic heterocycles. The second kappa shape index (κ2) is 5.58. The topological polar surface area (TPSA) is 34.0 Å². The molecule has 3 unspecified atom stereocenters. The molecular weight excluding hydrogens is 284 g/mol. The van der Waals surface area contributed by atoms with E-state index in [-0.39, 0.29) is 5.38 Å². The van der Waals surface area contributed by atoms with Crippen molar-refractivity contribution in [2.45, 2.75) is 38.6 Å². The third-order valence-electron chi connectivity index (χ3n) is 4.45. The number of likely N-dealkylation sites (tertiary alicyclic amines) is 1. The summed E-state index contributed by atoms with van der Waals surface area (Å²) in [5.74, 6) is 1.52. The molecule has 0 amide bonds. The Kier molecular flexibility index (Phi) is 3.93. The molecule has 0 saturated carbocycles. The highest BCUT2D eigenvalue weighted by Gasteiger charge is 2.30. The highest BCUT2D eigenvalue weighted by Crippen LogP contribution is 2.34. The maximum absolute atomic E-state index is 6.39. The van der Waals surface area contributed by atoms with E-state index in [9.17, 15) is 0 Å². The number of hydrogen-bond acceptors (Lipinski definition) is 3. The van der Waals surface area contributed by atoms with Gasteiger partial charge in [-0.15, -0.1) is 11.6 Å². The predicted molar refractivity (Wildman–Crippen MR) is 86.8 cm³/mol. The quantitative estimate of drug-likeness (QED) is 0.796. The van der Waals surface area contributed by atoms with Crippen molar-refractivity contribution >= 4 is 22.8 Å². The van der Waals surface area contributed by atoms with Gasteiger partial charge in [-0.2, -0.15) is 0 Å². The number of aromatic nitrogens is 3. The largest absolute Gasteiger partial charge is 0.308 e. The van der Waals surface area contributed by atoms with Crippen molar-refractivity contribution in [3.05, 3.63) is 23.7 Å². The van der Waals surface area contributed by atoms with Crippen LogP contribution in [0.2, 0.25) is 0 Å². The molecule has 0 radical (unpaired) electrons. The molecule has 5 heteroatoms. The molecule has 114 valence electrons. The first kappa shape index (κ1) is 14.8. The minimum atomic E-state index is -0.105. The van der Waals surface area contributed by atoms with Crippen LogP contribution in [-0.4, -0.2) is 39.6 Å². The molecule has 0 N–H and O–H groups in total. The van der Waals surface area contributed by atoms with Gasteiger partial charge in [-0.3, -0.25) is 0 Å².